The molecule has 0 radical (unpaired) electrons. The van der Waals surface area contributed by atoms with E-state index < -0.39 is 6.10 Å². The molecule has 1 rings (SSSR count). The summed E-state index contributed by atoms with van der Waals surface area (Å²) >= 11 is 0. The van der Waals surface area contributed by atoms with Crippen molar-refractivity contribution in [3.05, 3.63) is 35.6 Å². The summed E-state index contributed by atoms with van der Waals surface area (Å²) in [6.07, 6.45) is -0.453. The Morgan fingerprint density at radius 2 is 2.00 bits per heavy atom. The van der Waals surface area contributed by atoms with Gasteiger partial charge in [-0.2, -0.15) is 0 Å². The van der Waals surface area contributed by atoms with E-state index in [1.54, 1.807) is 31.0 Å². The van der Waals surface area contributed by atoms with Crippen LogP contribution in [0.25, 0.3) is 0 Å². The van der Waals surface area contributed by atoms with Crippen LogP contribution in [0.3, 0.4) is 0 Å². The highest BCUT2D eigenvalue weighted by Crippen LogP contribution is 2.07. The van der Waals surface area contributed by atoms with Crippen LogP contribution < -0.4 is 0 Å². The van der Waals surface area contributed by atoms with Crippen LogP contribution in [0.5, 0.6) is 0 Å². The molecule has 4 heteroatoms. The normalized spacial score (nSPS) is 12.2. The first-order valence-electron chi connectivity index (χ1n) is 5.07. The van der Waals surface area contributed by atoms with Gasteiger partial charge < -0.3 is 9.64 Å². The number of methoxy groups -OCH3 is 1. The second-order valence-corrected chi connectivity index (χ2v) is 3.70. The third-order valence-electron chi connectivity index (χ3n) is 2.41. The number of halogens is 1. The number of rotatable bonds is 4. The van der Waals surface area contributed by atoms with Crippen LogP contribution in [-0.2, 0) is 16.1 Å². The van der Waals surface area contributed by atoms with E-state index in [-0.39, 0.29) is 11.7 Å². The predicted octanol–water partition coefficient (Wildman–Crippen LogP) is 1.82. The van der Waals surface area contributed by atoms with E-state index in [4.69, 9.17) is 4.74 Å². The average Bonchev–Trinajstić information content (AvgIpc) is 2.30. The van der Waals surface area contributed by atoms with E-state index in [2.05, 4.69) is 0 Å². The van der Waals surface area contributed by atoms with Gasteiger partial charge in [-0.3, -0.25) is 4.79 Å². The molecule has 1 unspecified atom stereocenters. The minimum atomic E-state index is -0.453. The number of carbonyl (C=O) groups excluding carboxylic acids is 1. The smallest absolute Gasteiger partial charge is 0.251 e. The molecule has 0 spiro atoms. The second kappa shape index (κ2) is 5.61. The molecule has 0 aliphatic heterocycles. The lowest BCUT2D eigenvalue weighted by Gasteiger charge is -2.20. The number of hydrogen-bond acceptors (Lipinski definition) is 2. The van der Waals surface area contributed by atoms with Crippen LogP contribution in [0.4, 0.5) is 4.39 Å². The molecule has 0 aliphatic rings. The summed E-state index contributed by atoms with van der Waals surface area (Å²) in [4.78, 5) is 13.2. The first-order valence-corrected chi connectivity index (χ1v) is 5.07. The average molecular weight is 225 g/mol. The Morgan fingerprint density at radius 1 is 1.44 bits per heavy atom. The summed E-state index contributed by atoms with van der Waals surface area (Å²) in [5.74, 6) is -0.366. The van der Waals surface area contributed by atoms with Gasteiger partial charge in [-0.1, -0.05) is 12.1 Å². The third kappa shape index (κ3) is 3.31. The molecule has 0 heterocycles. The zero-order chi connectivity index (χ0) is 12.1. The molecule has 1 aromatic carbocycles. The number of benzene rings is 1. The van der Waals surface area contributed by atoms with Crippen molar-refractivity contribution in [1.29, 1.82) is 0 Å². The standard InChI is InChI=1S/C12H16FNO2/c1-9(16-3)12(15)14(2)8-10-4-6-11(13)7-5-10/h4-7,9H,8H2,1-3H3. The van der Waals surface area contributed by atoms with Crippen molar-refractivity contribution in [2.24, 2.45) is 0 Å². The Kier molecular flexibility index (Phi) is 4.43. The molecule has 1 atom stereocenters. The summed E-state index contributed by atoms with van der Waals surface area (Å²) < 4.78 is 17.6. The zero-order valence-corrected chi connectivity index (χ0v) is 9.74. The molecular weight excluding hydrogens is 209 g/mol. The third-order valence-corrected chi connectivity index (χ3v) is 2.41. The number of carbonyl (C=O) groups is 1. The second-order valence-electron chi connectivity index (χ2n) is 3.70. The van der Waals surface area contributed by atoms with Gasteiger partial charge in [0.05, 0.1) is 0 Å². The number of hydrogen-bond donors (Lipinski definition) is 0. The maximum atomic E-state index is 12.7. The molecule has 1 aromatic rings. The van der Waals surface area contributed by atoms with Crippen molar-refractivity contribution in [1.82, 2.24) is 4.90 Å². The van der Waals surface area contributed by atoms with Crippen molar-refractivity contribution in [2.45, 2.75) is 19.6 Å². The van der Waals surface area contributed by atoms with Gasteiger partial charge in [-0.15, -0.1) is 0 Å². The van der Waals surface area contributed by atoms with Gasteiger partial charge in [0.15, 0.2) is 0 Å². The van der Waals surface area contributed by atoms with E-state index in [0.717, 1.165) is 5.56 Å². The Balaban J connectivity index is 2.60. The largest absolute Gasteiger partial charge is 0.372 e. The number of likely N-dealkylation sites (N-methyl/N-ethyl adjacent to an activating group) is 1. The molecule has 0 saturated heterocycles. The van der Waals surface area contributed by atoms with Crippen LogP contribution in [0.15, 0.2) is 24.3 Å². The SMILES string of the molecule is COC(C)C(=O)N(C)Cc1ccc(F)cc1. The summed E-state index contributed by atoms with van der Waals surface area (Å²) in [5, 5.41) is 0. The van der Waals surface area contributed by atoms with E-state index in [1.165, 1.54) is 19.2 Å². The Labute approximate surface area is 94.8 Å². The number of amides is 1. The predicted molar refractivity (Wildman–Crippen MR) is 59.3 cm³/mol. The summed E-state index contributed by atoms with van der Waals surface area (Å²) in [7, 11) is 3.19. The fourth-order valence-electron chi connectivity index (χ4n) is 1.35. The fourth-order valence-corrected chi connectivity index (χ4v) is 1.35. The quantitative estimate of drug-likeness (QED) is 0.782. The molecule has 0 bridgehead atoms. The molecule has 3 nitrogen and oxygen atoms in total. The summed E-state index contributed by atoms with van der Waals surface area (Å²) in [6.45, 7) is 2.15. The Hall–Kier alpha value is -1.42. The van der Waals surface area contributed by atoms with E-state index in [9.17, 15) is 9.18 Å². The Morgan fingerprint density at radius 3 is 2.50 bits per heavy atom. The lowest BCUT2D eigenvalue weighted by Crippen LogP contribution is -2.35. The lowest BCUT2D eigenvalue weighted by molar-refractivity contribution is -0.140. The maximum absolute atomic E-state index is 12.7. The molecule has 88 valence electrons. The van der Waals surface area contributed by atoms with Crippen molar-refractivity contribution >= 4 is 5.91 Å². The van der Waals surface area contributed by atoms with E-state index >= 15 is 0 Å². The first kappa shape index (κ1) is 12.6. The van der Waals surface area contributed by atoms with Gasteiger partial charge in [0, 0.05) is 20.7 Å². The van der Waals surface area contributed by atoms with Gasteiger partial charge in [0.1, 0.15) is 11.9 Å². The van der Waals surface area contributed by atoms with Crippen LogP contribution in [0.2, 0.25) is 0 Å². The lowest BCUT2D eigenvalue weighted by atomic mass is 10.2. The minimum absolute atomic E-state index is 0.0909. The highest BCUT2D eigenvalue weighted by molar-refractivity contribution is 5.80. The zero-order valence-electron chi connectivity index (χ0n) is 9.74. The van der Waals surface area contributed by atoms with Crippen molar-refractivity contribution in [3.63, 3.8) is 0 Å². The Bertz CT molecular complexity index is 351. The van der Waals surface area contributed by atoms with Crippen LogP contribution in [-0.4, -0.2) is 31.1 Å². The number of ether oxygens (including phenoxy) is 1. The molecule has 0 N–H and O–H groups in total. The first-order chi connectivity index (χ1) is 7.54. The summed E-state index contributed by atoms with van der Waals surface area (Å²) in [6, 6.07) is 6.09. The van der Waals surface area contributed by atoms with Gasteiger partial charge >= 0.3 is 0 Å². The number of nitrogens with zero attached hydrogens (tertiary/aromatic N) is 1. The molecule has 0 fully saturated rings. The molecule has 0 aromatic heterocycles. The van der Waals surface area contributed by atoms with Crippen molar-refractivity contribution in [2.75, 3.05) is 14.2 Å². The van der Waals surface area contributed by atoms with Gasteiger partial charge in [0.25, 0.3) is 5.91 Å². The van der Waals surface area contributed by atoms with Crippen LogP contribution >= 0.6 is 0 Å². The molecule has 0 aliphatic carbocycles. The molecule has 1 amide bonds. The van der Waals surface area contributed by atoms with Gasteiger partial charge in [-0.05, 0) is 24.6 Å². The van der Waals surface area contributed by atoms with Crippen LogP contribution in [0.1, 0.15) is 12.5 Å². The minimum Gasteiger partial charge on any atom is -0.372 e. The topological polar surface area (TPSA) is 29.5 Å². The van der Waals surface area contributed by atoms with E-state index in [0.29, 0.717) is 6.54 Å². The van der Waals surface area contributed by atoms with Crippen LogP contribution in [0, 0.1) is 5.82 Å². The molecule has 0 saturated carbocycles. The van der Waals surface area contributed by atoms with Gasteiger partial charge in [-0.25, -0.2) is 4.39 Å². The molecule has 16 heavy (non-hydrogen) atoms. The maximum Gasteiger partial charge on any atom is 0.251 e. The van der Waals surface area contributed by atoms with Crippen molar-refractivity contribution < 1.29 is 13.9 Å². The molecular formula is C12H16FNO2. The monoisotopic (exact) mass is 225 g/mol. The van der Waals surface area contributed by atoms with E-state index in [1.807, 2.05) is 0 Å². The summed E-state index contributed by atoms with van der Waals surface area (Å²) in [5.41, 5.74) is 0.889. The highest BCUT2D eigenvalue weighted by Gasteiger charge is 2.16. The van der Waals surface area contributed by atoms with Crippen molar-refractivity contribution in [3.8, 4) is 0 Å². The highest BCUT2D eigenvalue weighted by atomic mass is 19.1. The van der Waals surface area contributed by atoms with Gasteiger partial charge in [0.2, 0.25) is 0 Å². The fraction of sp³-hybridized carbons (Fsp3) is 0.417.